The minimum absolute atomic E-state index is 0.0825. The van der Waals surface area contributed by atoms with E-state index >= 15 is 0 Å². The molecule has 0 saturated heterocycles. The van der Waals surface area contributed by atoms with Gasteiger partial charge < -0.3 is 10.2 Å². The van der Waals surface area contributed by atoms with E-state index in [9.17, 15) is 4.79 Å². The number of thioether (sulfide) groups is 1. The number of rotatable bonds is 8. The third kappa shape index (κ3) is 5.72. The van der Waals surface area contributed by atoms with Crippen molar-refractivity contribution in [3.05, 3.63) is 84.4 Å². The highest BCUT2D eigenvalue weighted by Crippen LogP contribution is 2.28. The van der Waals surface area contributed by atoms with E-state index in [2.05, 4.69) is 42.5 Å². The van der Waals surface area contributed by atoms with Crippen molar-refractivity contribution in [1.29, 1.82) is 0 Å². The second kappa shape index (κ2) is 10.1. The van der Waals surface area contributed by atoms with Gasteiger partial charge in [-0.25, -0.2) is 0 Å². The van der Waals surface area contributed by atoms with Crippen LogP contribution in [0.5, 0.6) is 0 Å². The second-order valence-electron chi connectivity index (χ2n) is 6.90. The van der Waals surface area contributed by atoms with Crippen molar-refractivity contribution < 1.29 is 4.79 Å². The van der Waals surface area contributed by atoms with Crippen LogP contribution in [0.2, 0.25) is 0 Å². The van der Waals surface area contributed by atoms with Crippen LogP contribution in [0.15, 0.2) is 83.8 Å². The summed E-state index contributed by atoms with van der Waals surface area (Å²) in [5.74, 6) is 0.942. The zero-order valence-corrected chi connectivity index (χ0v) is 17.2. The van der Waals surface area contributed by atoms with Gasteiger partial charge in [0.15, 0.2) is 0 Å². The van der Waals surface area contributed by atoms with Crippen molar-refractivity contribution in [2.45, 2.75) is 11.3 Å². The molecule has 0 aliphatic heterocycles. The smallest absolute Gasteiger partial charge is 0.255 e. The molecule has 3 rings (SSSR count). The summed E-state index contributed by atoms with van der Waals surface area (Å²) in [5.41, 5.74) is 3.78. The highest BCUT2D eigenvalue weighted by Gasteiger charge is 2.10. The third-order valence-electron chi connectivity index (χ3n) is 4.40. The minimum atomic E-state index is -0.0825. The summed E-state index contributed by atoms with van der Waals surface area (Å²) in [7, 11) is 4.17. The van der Waals surface area contributed by atoms with E-state index < -0.39 is 0 Å². The molecule has 0 unspecified atom stereocenters. The van der Waals surface area contributed by atoms with E-state index in [-0.39, 0.29) is 5.91 Å². The maximum Gasteiger partial charge on any atom is 0.255 e. The molecule has 0 saturated carbocycles. The van der Waals surface area contributed by atoms with Gasteiger partial charge >= 0.3 is 0 Å². The summed E-state index contributed by atoms with van der Waals surface area (Å²) < 4.78 is 0. The number of carbonyl (C=O) groups is 1. The quantitative estimate of drug-likeness (QED) is 0.398. The molecule has 1 N–H and O–H groups in total. The lowest BCUT2D eigenvalue weighted by Crippen LogP contribution is -2.14. The average Bonchev–Trinajstić information content (AvgIpc) is 2.73. The zero-order valence-electron chi connectivity index (χ0n) is 16.4. The zero-order chi connectivity index (χ0) is 19.8. The van der Waals surface area contributed by atoms with Crippen LogP contribution in [0.1, 0.15) is 16.8 Å². The maximum absolute atomic E-state index is 12.7. The number of hydrogen-bond donors (Lipinski definition) is 1. The van der Waals surface area contributed by atoms with Crippen molar-refractivity contribution in [3.63, 3.8) is 0 Å². The molecule has 0 radical (unpaired) electrons. The van der Waals surface area contributed by atoms with Gasteiger partial charge in [-0.05, 0) is 68.2 Å². The topological polar surface area (TPSA) is 32.3 Å². The molecule has 3 aromatic rings. The van der Waals surface area contributed by atoms with Crippen LogP contribution in [0, 0.1) is 0 Å². The SMILES string of the molecule is CN(C)CCCSc1ccccc1NC(=O)c1ccc(-c2ccccc2)cc1. The van der Waals surface area contributed by atoms with Gasteiger partial charge in [0, 0.05) is 10.5 Å². The Balaban J connectivity index is 1.64. The fourth-order valence-electron chi connectivity index (χ4n) is 2.90. The Morgan fingerprint density at radius 1 is 0.857 bits per heavy atom. The number of benzene rings is 3. The maximum atomic E-state index is 12.7. The predicted molar refractivity (Wildman–Crippen MR) is 120 cm³/mol. The summed E-state index contributed by atoms with van der Waals surface area (Å²) in [6.45, 7) is 1.06. The first kappa shape index (κ1) is 20.2. The van der Waals surface area contributed by atoms with Crippen molar-refractivity contribution in [1.82, 2.24) is 4.90 Å². The van der Waals surface area contributed by atoms with Crippen LogP contribution >= 0.6 is 11.8 Å². The first-order valence-electron chi connectivity index (χ1n) is 9.47. The highest BCUT2D eigenvalue weighted by atomic mass is 32.2. The Hall–Kier alpha value is -2.56. The van der Waals surface area contributed by atoms with Gasteiger partial charge in [0.2, 0.25) is 0 Å². The molecule has 28 heavy (non-hydrogen) atoms. The van der Waals surface area contributed by atoms with E-state index in [1.54, 1.807) is 11.8 Å². The lowest BCUT2D eigenvalue weighted by molar-refractivity contribution is 0.102. The van der Waals surface area contributed by atoms with Crippen molar-refractivity contribution in [2.75, 3.05) is 31.7 Å². The summed E-state index contributed by atoms with van der Waals surface area (Å²) in [5, 5.41) is 3.07. The molecule has 0 fully saturated rings. The molecule has 1 amide bonds. The van der Waals surface area contributed by atoms with Gasteiger partial charge in [-0.15, -0.1) is 11.8 Å². The molecule has 0 aliphatic carbocycles. The minimum Gasteiger partial charge on any atom is -0.321 e. The molecular weight excluding hydrogens is 364 g/mol. The van der Waals surface area contributed by atoms with E-state index in [1.165, 1.54) is 0 Å². The molecular formula is C24H26N2OS. The number of carbonyl (C=O) groups excluding carboxylic acids is 1. The fourth-order valence-corrected chi connectivity index (χ4v) is 3.84. The molecule has 4 heteroatoms. The van der Waals surface area contributed by atoms with Crippen LogP contribution < -0.4 is 5.32 Å². The normalized spacial score (nSPS) is 10.8. The molecule has 0 heterocycles. The van der Waals surface area contributed by atoms with Crippen LogP contribution in [0.4, 0.5) is 5.69 Å². The molecule has 3 nitrogen and oxygen atoms in total. The Morgan fingerprint density at radius 3 is 2.21 bits per heavy atom. The number of hydrogen-bond acceptors (Lipinski definition) is 3. The summed E-state index contributed by atoms with van der Waals surface area (Å²) in [6.07, 6.45) is 1.11. The van der Waals surface area contributed by atoms with Gasteiger partial charge in [0.05, 0.1) is 5.69 Å². The monoisotopic (exact) mass is 390 g/mol. The number of amides is 1. The molecule has 0 aromatic heterocycles. The van der Waals surface area contributed by atoms with Crippen LogP contribution in [-0.2, 0) is 0 Å². The molecule has 0 aliphatic rings. The molecule has 0 bridgehead atoms. The molecule has 0 atom stereocenters. The third-order valence-corrected chi connectivity index (χ3v) is 5.56. The Bertz CT molecular complexity index is 892. The van der Waals surface area contributed by atoms with Gasteiger partial charge in [-0.3, -0.25) is 4.79 Å². The summed E-state index contributed by atoms with van der Waals surface area (Å²) >= 11 is 1.78. The number of nitrogens with one attached hydrogen (secondary N) is 1. The van der Waals surface area contributed by atoms with E-state index in [1.807, 2.05) is 60.7 Å². The Labute approximate surface area is 171 Å². The van der Waals surface area contributed by atoms with Crippen LogP contribution in [0.3, 0.4) is 0 Å². The first-order chi connectivity index (χ1) is 13.6. The lowest BCUT2D eigenvalue weighted by atomic mass is 10.0. The van der Waals surface area contributed by atoms with Gasteiger partial charge in [0.1, 0.15) is 0 Å². The van der Waals surface area contributed by atoms with E-state index in [0.717, 1.165) is 40.4 Å². The Kier molecular flexibility index (Phi) is 7.29. The standard InChI is InChI=1S/C24H26N2OS/c1-26(2)17-8-18-28-23-12-7-6-11-22(23)25-24(27)21-15-13-20(14-16-21)19-9-4-3-5-10-19/h3-7,9-16H,8,17-18H2,1-2H3,(H,25,27). The lowest BCUT2D eigenvalue weighted by Gasteiger charge is -2.12. The second-order valence-corrected chi connectivity index (χ2v) is 8.04. The van der Waals surface area contributed by atoms with E-state index in [0.29, 0.717) is 5.56 Å². The number of anilines is 1. The molecule has 144 valence electrons. The summed E-state index contributed by atoms with van der Waals surface area (Å²) in [4.78, 5) is 16.0. The largest absolute Gasteiger partial charge is 0.321 e. The van der Waals surface area contributed by atoms with Crippen molar-refractivity contribution in [3.8, 4) is 11.1 Å². The average molecular weight is 391 g/mol. The number of para-hydroxylation sites is 1. The summed E-state index contributed by atoms with van der Waals surface area (Å²) in [6, 6.07) is 25.9. The van der Waals surface area contributed by atoms with Crippen LogP contribution in [-0.4, -0.2) is 37.2 Å². The Morgan fingerprint density at radius 2 is 1.50 bits per heavy atom. The van der Waals surface area contributed by atoms with Gasteiger partial charge in [-0.2, -0.15) is 0 Å². The van der Waals surface area contributed by atoms with E-state index in [4.69, 9.17) is 0 Å². The molecule has 0 spiro atoms. The van der Waals surface area contributed by atoms with Crippen LogP contribution in [0.25, 0.3) is 11.1 Å². The molecule has 3 aromatic carbocycles. The van der Waals surface area contributed by atoms with Crippen molar-refractivity contribution in [2.24, 2.45) is 0 Å². The van der Waals surface area contributed by atoms with Gasteiger partial charge in [-0.1, -0.05) is 54.6 Å². The predicted octanol–water partition coefficient (Wildman–Crippen LogP) is 5.65. The highest BCUT2D eigenvalue weighted by molar-refractivity contribution is 7.99. The fraction of sp³-hybridized carbons (Fsp3) is 0.208. The first-order valence-corrected chi connectivity index (χ1v) is 10.5. The van der Waals surface area contributed by atoms with Gasteiger partial charge in [0.25, 0.3) is 5.91 Å². The van der Waals surface area contributed by atoms with Crippen molar-refractivity contribution >= 4 is 23.4 Å². The number of nitrogens with zero attached hydrogens (tertiary/aromatic N) is 1.